The maximum absolute atomic E-state index is 13.4. The van der Waals surface area contributed by atoms with Crippen molar-refractivity contribution in [2.45, 2.75) is 36.5 Å². The number of benzene rings is 1. The molecule has 0 bridgehead atoms. The maximum Gasteiger partial charge on any atom is 0.256 e. The fourth-order valence-corrected chi connectivity index (χ4v) is 5.86. The number of fused-ring (bicyclic) bond motifs is 1. The van der Waals surface area contributed by atoms with Gasteiger partial charge in [-0.1, -0.05) is 29.1 Å². The van der Waals surface area contributed by atoms with Gasteiger partial charge in [0.1, 0.15) is 10.8 Å². The first kappa shape index (κ1) is 20.2. The number of likely N-dealkylation sites (tertiary alicyclic amines) is 1. The molecule has 0 radical (unpaired) electrons. The summed E-state index contributed by atoms with van der Waals surface area (Å²) in [4.78, 5) is 24.7. The van der Waals surface area contributed by atoms with Crippen LogP contribution in [-0.2, 0) is 5.75 Å². The SMILES string of the molecule is Cc1cc(CSc2ncccc2C(=O)N2CCC[C@H](c3nc4ccccc4s3)C2)no1. The topological polar surface area (TPSA) is 72.1 Å². The van der Waals surface area contributed by atoms with E-state index in [1.807, 2.05) is 42.2 Å². The molecule has 4 aromatic rings. The zero-order valence-corrected chi connectivity index (χ0v) is 18.8. The van der Waals surface area contributed by atoms with Gasteiger partial charge in [0.15, 0.2) is 0 Å². The van der Waals surface area contributed by atoms with Crippen LogP contribution in [0.4, 0.5) is 0 Å². The minimum atomic E-state index is 0.0396. The third-order valence-corrected chi connectivity index (χ3v) is 7.64. The van der Waals surface area contributed by atoms with Crippen LogP contribution in [-0.4, -0.2) is 39.0 Å². The number of thiazole rings is 1. The van der Waals surface area contributed by atoms with Crippen molar-refractivity contribution in [2.75, 3.05) is 13.1 Å². The number of hydrogen-bond donors (Lipinski definition) is 0. The van der Waals surface area contributed by atoms with Gasteiger partial charge in [0.2, 0.25) is 0 Å². The van der Waals surface area contributed by atoms with Gasteiger partial charge in [-0.05, 0) is 44.0 Å². The summed E-state index contributed by atoms with van der Waals surface area (Å²) in [7, 11) is 0. The summed E-state index contributed by atoms with van der Waals surface area (Å²) in [6, 6.07) is 13.8. The van der Waals surface area contributed by atoms with Crippen LogP contribution < -0.4 is 0 Å². The standard InChI is InChI=1S/C23H22N4O2S2/c1-15-12-17(26-29-15)14-30-22-18(7-4-10-24-22)23(28)27-11-5-6-16(13-27)21-25-19-8-2-3-9-20(19)31-21/h2-4,7-10,12,16H,5-6,11,13-14H2,1H3/t16-/m0/s1. The summed E-state index contributed by atoms with van der Waals surface area (Å²) < 4.78 is 6.34. The van der Waals surface area contributed by atoms with Crippen LogP contribution in [0.3, 0.4) is 0 Å². The highest BCUT2D eigenvalue weighted by molar-refractivity contribution is 7.98. The van der Waals surface area contributed by atoms with Gasteiger partial charge in [0.25, 0.3) is 5.91 Å². The van der Waals surface area contributed by atoms with Crippen molar-refractivity contribution in [3.63, 3.8) is 0 Å². The number of hydrogen-bond acceptors (Lipinski definition) is 7. The van der Waals surface area contributed by atoms with E-state index in [2.05, 4.69) is 22.3 Å². The van der Waals surface area contributed by atoms with Crippen molar-refractivity contribution in [1.29, 1.82) is 0 Å². The number of carbonyl (C=O) groups excluding carboxylic acids is 1. The average Bonchev–Trinajstić information content (AvgIpc) is 3.43. The van der Waals surface area contributed by atoms with E-state index in [1.165, 1.54) is 16.5 Å². The van der Waals surface area contributed by atoms with Crippen molar-refractivity contribution in [3.05, 3.63) is 70.7 Å². The lowest BCUT2D eigenvalue weighted by Crippen LogP contribution is -2.39. The number of para-hydroxylation sites is 1. The van der Waals surface area contributed by atoms with Crippen molar-refractivity contribution in [3.8, 4) is 0 Å². The summed E-state index contributed by atoms with van der Waals surface area (Å²) in [5, 5.41) is 5.89. The van der Waals surface area contributed by atoms with Crippen LogP contribution >= 0.6 is 23.1 Å². The van der Waals surface area contributed by atoms with E-state index in [9.17, 15) is 4.79 Å². The van der Waals surface area contributed by atoms with Crippen molar-refractivity contribution in [2.24, 2.45) is 0 Å². The monoisotopic (exact) mass is 450 g/mol. The first-order chi connectivity index (χ1) is 15.2. The number of piperidine rings is 1. The van der Waals surface area contributed by atoms with Crippen LogP contribution in [0.15, 0.2) is 58.2 Å². The van der Waals surface area contributed by atoms with Gasteiger partial charge >= 0.3 is 0 Å². The second-order valence-corrected chi connectivity index (χ2v) is 9.71. The average molecular weight is 451 g/mol. The lowest BCUT2D eigenvalue weighted by Gasteiger charge is -2.32. The summed E-state index contributed by atoms with van der Waals surface area (Å²) in [6.45, 7) is 3.33. The van der Waals surface area contributed by atoms with Crippen LogP contribution in [0.5, 0.6) is 0 Å². The van der Waals surface area contributed by atoms with Crippen LogP contribution in [0, 0.1) is 6.92 Å². The molecule has 1 fully saturated rings. The Morgan fingerprint density at radius 1 is 1.29 bits per heavy atom. The first-order valence-corrected chi connectivity index (χ1v) is 12.1. The minimum absolute atomic E-state index is 0.0396. The molecule has 1 saturated heterocycles. The fraction of sp³-hybridized carbons (Fsp3) is 0.304. The summed E-state index contributed by atoms with van der Waals surface area (Å²) >= 11 is 3.26. The van der Waals surface area contributed by atoms with Crippen molar-refractivity contribution < 1.29 is 9.32 Å². The molecule has 1 atom stereocenters. The van der Waals surface area contributed by atoms with Gasteiger partial charge < -0.3 is 9.42 Å². The minimum Gasteiger partial charge on any atom is -0.361 e. The predicted octanol–water partition coefficient (Wildman–Crippen LogP) is 5.30. The molecule has 1 aliphatic heterocycles. The molecule has 5 rings (SSSR count). The predicted molar refractivity (Wildman–Crippen MR) is 123 cm³/mol. The number of rotatable bonds is 5. The number of aromatic nitrogens is 3. The van der Waals surface area contributed by atoms with E-state index in [-0.39, 0.29) is 11.8 Å². The number of aryl methyl sites for hydroxylation is 1. The Hall–Kier alpha value is -2.71. The normalized spacial score (nSPS) is 16.7. The molecule has 0 spiro atoms. The Morgan fingerprint density at radius 3 is 3.03 bits per heavy atom. The Balaban J connectivity index is 1.32. The molecule has 158 valence electrons. The van der Waals surface area contributed by atoms with Gasteiger partial charge in [-0.2, -0.15) is 0 Å². The molecular formula is C23H22N4O2S2. The van der Waals surface area contributed by atoms with E-state index in [0.717, 1.165) is 46.4 Å². The zero-order valence-electron chi connectivity index (χ0n) is 17.2. The third kappa shape index (κ3) is 4.36. The Kier molecular flexibility index (Phi) is 5.74. The third-order valence-electron chi connectivity index (χ3n) is 5.40. The maximum atomic E-state index is 13.4. The fourth-order valence-electron chi connectivity index (χ4n) is 3.90. The summed E-state index contributed by atoms with van der Waals surface area (Å²) in [6.07, 6.45) is 3.77. The molecular weight excluding hydrogens is 428 g/mol. The van der Waals surface area contributed by atoms with E-state index < -0.39 is 0 Å². The number of thioether (sulfide) groups is 1. The van der Waals surface area contributed by atoms with E-state index in [1.54, 1.807) is 17.5 Å². The zero-order chi connectivity index (χ0) is 21.2. The Morgan fingerprint density at radius 2 is 2.19 bits per heavy atom. The Labute approximate surface area is 188 Å². The number of pyridine rings is 1. The molecule has 0 saturated carbocycles. The van der Waals surface area contributed by atoms with Gasteiger partial charge in [0, 0.05) is 37.0 Å². The molecule has 1 aliphatic rings. The molecule has 0 aliphatic carbocycles. The quantitative estimate of drug-likeness (QED) is 0.384. The molecule has 6 nitrogen and oxygen atoms in total. The molecule has 8 heteroatoms. The smallest absolute Gasteiger partial charge is 0.256 e. The summed E-state index contributed by atoms with van der Waals surface area (Å²) in [5.74, 6) is 1.71. The van der Waals surface area contributed by atoms with Gasteiger partial charge in [-0.25, -0.2) is 9.97 Å². The molecule has 0 N–H and O–H groups in total. The number of nitrogens with zero attached hydrogens (tertiary/aromatic N) is 4. The van der Waals surface area contributed by atoms with E-state index in [4.69, 9.17) is 9.51 Å². The molecule has 0 unspecified atom stereocenters. The molecule has 4 heterocycles. The highest BCUT2D eigenvalue weighted by Crippen LogP contribution is 2.34. The van der Waals surface area contributed by atoms with Crippen molar-refractivity contribution >= 4 is 39.2 Å². The first-order valence-electron chi connectivity index (χ1n) is 10.3. The van der Waals surface area contributed by atoms with Crippen molar-refractivity contribution in [1.82, 2.24) is 20.0 Å². The number of amides is 1. The van der Waals surface area contributed by atoms with Gasteiger partial charge in [-0.15, -0.1) is 11.3 Å². The summed E-state index contributed by atoms with van der Waals surface area (Å²) in [5.41, 5.74) is 2.54. The van der Waals surface area contributed by atoms with E-state index >= 15 is 0 Å². The van der Waals surface area contributed by atoms with Crippen LogP contribution in [0.2, 0.25) is 0 Å². The highest BCUT2D eigenvalue weighted by atomic mass is 32.2. The second-order valence-electron chi connectivity index (χ2n) is 7.68. The van der Waals surface area contributed by atoms with E-state index in [0.29, 0.717) is 17.9 Å². The lowest BCUT2D eigenvalue weighted by atomic mass is 9.98. The second kappa shape index (κ2) is 8.80. The molecule has 31 heavy (non-hydrogen) atoms. The lowest BCUT2D eigenvalue weighted by molar-refractivity contribution is 0.0702. The molecule has 3 aromatic heterocycles. The van der Waals surface area contributed by atoms with Gasteiger partial charge in [0.05, 0.1) is 26.5 Å². The molecule has 1 amide bonds. The number of carbonyl (C=O) groups is 1. The molecule has 1 aromatic carbocycles. The van der Waals surface area contributed by atoms with Gasteiger partial charge in [-0.3, -0.25) is 4.79 Å². The largest absolute Gasteiger partial charge is 0.361 e. The Bertz CT molecular complexity index is 1190. The van der Waals surface area contributed by atoms with Crippen LogP contribution in [0.1, 0.15) is 45.6 Å². The highest BCUT2D eigenvalue weighted by Gasteiger charge is 2.29. The van der Waals surface area contributed by atoms with Crippen LogP contribution in [0.25, 0.3) is 10.2 Å².